The van der Waals surface area contributed by atoms with E-state index in [2.05, 4.69) is 20.8 Å². The molecule has 1 heterocycles. The number of nitrogens with one attached hydrogen (secondary N) is 2. The number of nitrogens with zero attached hydrogens (tertiary/aromatic N) is 3. The summed E-state index contributed by atoms with van der Waals surface area (Å²) in [5, 5.41) is 11.3. The fraction of sp³-hybridized carbons (Fsp3) is 0.167. The van der Waals surface area contributed by atoms with Crippen LogP contribution in [0.15, 0.2) is 53.6 Å². The van der Waals surface area contributed by atoms with Gasteiger partial charge in [-0.25, -0.2) is 10.6 Å². The number of benzene rings is 2. The van der Waals surface area contributed by atoms with Gasteiger partial charge in [-0.15, -0.1) is 0 Å². The Bertz CT molecular complexity index is 927. The van der Waals surface area contributed by atoms with Crippen molar-refractivity contribution in [2.24, 2.45) is 5.10 Å². The summed E-state index contributed by atoms with van der Waals surface area (Å²) >= 11 is 5.28. The van der Waals surface area contributed by atoms with Crippen LogP contribution >= 0.6 is 12.2 Å². The third kappa shape index (κ3) is 3.95. The molecule has 3 rings (SSSR count). The predicted molar refractivity (Wildman–Crippen MR) is 102 cm³/mol. The molecule has 0 radical (unpaired) electrons. The van der Waals surface area contributed by atoms with E-state index in [1.54, 1.807) is 10.9 Å². The Morgan fingerprint density at radius 2 is 2.00 bits per heavy atom. The number of hydrazone groups is 1. The average Bonchev–Trinajstić information content (AvgIpc) is 2.98. The molecule has 0 aliphatic carbocycles. The lowest BCUT2D eigenvalue weighted by molar-refractivity contribution is 0.340. The summed E-state index contributed by atoms with van der Waals surface area (Å²) in [6.45, 7) is 4.62. The van der Waals surface area contributed by atoms with Gasteiger partial charge in [0.15, 0.2) is 5.82 Å². The van der Waals surface area contributed by atoms with Gasteiger partial charge in [-0.2, -0.15) is 14.9 Å². The summed E-state index contributed by atoms with van der Waals surface area (Å²) in [4.78, 5) is 0. The first kappa shape index (κ1) is 16.9. The van der Waals surface area contributed by atoms with Gasteiger partial charge in [0.1, 0.15) is 5.75 Å². The summed E-state index contributed by atoms with van der Waals surface area (Å²) < 4.78 is 7.52. The number of H-pyrrole nitrogens is 1. The van der Waals surface area contributed by atoms with Crippen LogP contribution in [0, 0.1) is 11.7 Å². The first-order valence-corrected chi connectivity index (χ1v) is 8.35. The van der Waals surface area contributed by atoms with Gasteiger partial charge in [0.25, 0.3) is 0 Å². The maximum atomic E-state index is 5.46. The van der Waals surface area contributed by atoms with Crippen LogP contribution in [0.3, 0.4) is 0 Å². The molecule has 6 nitrogen and oxygen atoms in total. The third-order valence-corrected chi connectivity index (χ3v) is 3.92. The molecule has 0 saturated carbocycles. The van der Waals surface area contributed by atoms with Gasteiger partial charge >= 0.3 is 0 Å². The average molecular weight is 353 g/mol. The number of rotatable bonds is 6. The molecule has 7 heteroatoms. The van der Waals surface area contributed by atoms with E-state index in [-0.39, 0.29) is 0 Å². The van der Waals surface area contributed by atoms with Crippen LogP contribution in [0.4, 0.5) is 0 Å². The van der Waals surface area contributed by atoms with Crippen molar-refractivity contribution in [2.75, 3.05) is 12.1 Å². The normalized spacial score (nSPS) is 11.0. The van der Waals surface area contributed by atoms with Crippen LogP contribution in [-0.2, 0) is 0 Å². The zero-order valence-electron chi connectivity index (χ0n) is 14.1. The van der Waals surface area contributed by atoms with Crippen molar-refractivity contribution >= 4 is 18.4 Å². The van der Waals surface area contributed by atoms with Crippen LogP contribution in [0.2, 0.25) is 0 Å². The molecule has 3 aromatic rings. The van der Waals surface area contributed by atoms with E-state index in [1.165, 1.54) is 0 Å². The number of aryl methyl sites for hydroxylation is 1. The fourth-order valence-corrected chi connectivity index (χ4v) is 2.51. The third-order valence-electron chi connectivity index (χ3n) is 3.65. The maximum Gasteiger partial charge on any atom is 0.216 e. The molecule has 0 unspecified atom stereocenters. The van der Waals surface area contributed by atoms with Gasteiger partial charge in [-0.3, -0.25) is 0 Å². The zero-order valence-corrected chi connectivity index (χ0v) is 14.9. The first-order chi connectivity index (χ1) is 12.2. The molecule has 25 heavy (non-hydrogen) atoms. The van der Waals surface area contributed by atoms with E-state index in [4.69, 9.17) is 17.0 Å². The number of aromatic nitrogens is 3. The van der Waals surface area contributed by atoms with Crippen molar-refractivity contribution in [3.63, 3.8) is 0 Å². The minimum atomic E-state index is 0.436. The summed E-state index contributed by atoms with van der Waals surface area (Å²) in [5.41, 5.74) is 6.01. The van der Waals surface area contributed by atoms with Gasteiger partial charge in [0, 0.05) is 5.56 Å². The van der Waals surface area contributed by atoms with Crippen molar-refractivity contribution in [2.45, 2.75) is 13.8 Å². The van der Waals surface area contributed by atoms with Crippen LogP contribution in [0.5, 0.6) is 5.75 Å². The monoisotopic (exact) mass is 353 g/mol. The van der Waals surface area contributed by atoms with Crippen molar-refractivity contribution in [3.8, 4) is 17.1 Å². The standard InChI is InChI=1S/C18H19N5OS/c1-3-24-16-10-8-14(9-11-16)17-20-21-18(25)23(17)22-19-12-15-7-5-4-6-13(15)2/h4-12,22H,3H2,1-2H3,(H,21,25). The largest absolute Gasteiger partial charge is 0.494 e. The van der Waals surface area contributed by atoms with E-state index in [1.807, 2.05) is 62.4 Å². The topological polar surface area (TPSA) is 67.2 Å². The van der Waals surface area contributed by atoms with Crippen LogP contribution < -0.4 is 10.3 Å². The molecule has 1 aromatic heterocycles. The maximum absolute atomic E-state index is 5.46. The number of aromatic amines is 1. The van der Waals surface area contributed by atoms with Gasteiger partial charge in [0.2, 0.25) is 4.77 Å². The Hall–Kier alpha value is -2.93. The molecule has 0 bridgehead atoms. The van der Waals surface area contributed by atoms with Gasteiger partial charge in [-0.1, -0.05) is 24.3 Å². The van der Waals surface area contributed by atoms with Crippen molar-refractivity contribution in [1.82, 2.24) is 14.9 Å². The highest BCUT2D eigenvalue weighted by atomic mass is 32.1. The second kappa shape index (κ2) is 7.76. The van der Waals surface area contributed by atoms with E-state index in [0.717, 1.165) is 22.4 Å². The van der Waals surface area contributed by atoms with Crippen LogP contribution in [-0.4, -0.2) is 27.7 Å². The van der Waals surface area contributed by atoms with Crippen molar-refractivity contribution in [1.29, 1.82) is 0 Å². The molecule has 0 spiro atoms. The van der Waals surface area contributed by atoms with Gasteiger partial charge in [-0.05, 0) is 61.5 Å². The van der Waals surface area contributed by atoms with E-state index in [9.17, 15) is 0 Å². The highest BCUT2D eigenvalue weighted by Crippen LogP contribution is 2.20. The highest BCUT2D eigenvalue weighted by molar-refractivity contribution is 7.71. The van der Waals surface area contributed by atoms with E-state index in [0.29, 0.717) is 17.2 Å². The van der Waals surface area contributed by atoms with Crippen molar-refractivity contribution in [3.05, 3.63) is 64.4 Å². The molecule has 0 saturated heterocycles. The lowest BCUT2D eigenvalue weighted by atomic mass is 10.1. The highest BCUT2D eigenvalue weighted by Gasteiger charge is 2.08. The SMILES string of the molecule is CCOc1ccc(-c2n[nH]c(=S)n2NN=Cc2ccccc2C)cc1. The molecule has 128 valence electrons. The molecule has 0 aliphatic rings. The molecule has 0 aliphatic heterocycles. The molecular weight excluding hydrogens is 334 g/mol. The summed E-state index contributed by atoms with van der Waals surface area (Å²) in [7, 11) is 0. The lowest BCUT2D eigenvalue weighted by Gasteiger charge is -2.07. The second-order valence-electron chi connectivity index (χ2n) is 5.36. The lowest BCUT2D eigenvalue weighted by Crippen LogP contribution is -2.10. The second-order valence-corrected chi connectivity index (χ2v) is 5.75. The molecule has 2 aromatic carbocycles. The summed E-state index contributed by atoms with van der Waals surface area (Å²) in [6.07, 6.45) is 1.76. The van der Waals surface area contributed by atoms with Crippen molar-refractivity contribution < 1.29 is 4.74 Å². The Morgan fingerprint density at radius 3 is 2.72 bits per heavy atom. The Labute approximate surface area is 151 Å². The zero-order chi connectivity index (χ0) is 17.6. The molecule has 0 amide bonds. The Morgan fingerprint density at radius 1 is 1.24 bits per heavy atom. The Kier molecular flexibility index (Phi) is 5.25. The number of ether oxygens (including phenoxy) is 1. The first-order valence-electron chi connectivity index (χ1n) is 7.94. The smallest absolute Gasteiger partial charge is 0.216 e. The van der Waals surface area contributed by atoms with Gasteiger partial charge in [0.05, 0.1) is 12.8 Å². The molecule has 0 atom stereocenters. The minimum absolute atomic E-state index is 0.436. The number of hydrogen-bond donors (Lipinski definition) is 2. The van der Waals surface area contributed by atoms with E-state index < -0.39 is 0 Å². The Balaban J connectivity index is 1.82. The summed E-state index contributed by atoms with van der Waals surface area (Å²) in [5.74, 6) is 1.47. The molecule has 2 N–H and O–H groups in total. The molecular formula is C18H19N5OS. The minimum Gasteiger partial charge on any atom is -0.494 e. The van der Waals surface area contributed by atoms with Crippen LogP contribution in [0.25, 0.3) is 11.4 Å². The predicted octanol–water partition coefficient (Wildman–Crippen LogP) is 3.89. The molecule has 0 fully saturated rings. The number of hydrogen-bond acceptors (Lipinski definition) is 5. The van der Waals surface area contributed by atoms with Crippen LogP contribution in [0.1, 0.15) is 18.1 Å². The fourth-order valence-electron chi connectivity index (χ4n) is 2.34. The quantitative estimate of drug-likeness (QED) is 0.401. The summed E-state index contributed by atoms with van der Waals surface area (Å²) in [6, 6.07) is 15.7. The van der Waals surface area contributed by atoms with E-state index >= 15 is 0 Å². The van der Waals surface area contributed by atoms with Gasteiger partial charge < -0.3 is 4.74 Å².